The molecule has 5 nitrogen and oxygen atoms in total. The fraction of sp³-hybridized carbons (Fsp3) is 0.400. The van der Waals surface area contributed by atoms with Crippen molar-refractivity contribution in [2.45, 2.75) is 26.3 Å². The van der Waals surface area contributed by atoms with Crippen molar-refractivity contribution >= 4 is 6.01 Å². The molecule has 2 rings (SSSR count). The number of anilines is 1. The van der Waals surface area contributed by atoms with E-state index in [4.69, 9.17) is 8.83 Å². The van der Waals surface area contributed by atoms with Gasteiger partial charge in [0.15, 0.2) is 0 Å². The summed E-state index contributed by atoms with van der Waals surface area (Å²) in [5, 5.41) is 10.8. The summed E-state index contributed by atoms with van der Waals surface area (Å²) in [4.78, 5) is 0. The Morgan fingerprint density at radius 1 is 1.40 bits per heavy atom. The van der Waals surface area contributed by atoms with Gasteiger partial charge in [-0.3, -0.25) is 0 Å². The van der Waals surface area contributed by atoms with Crippen LogP contribution < -0.4 is 5.32 Å². The third kappa shape index (κ3) is 2.59. The molecule has 80 valence electrons. The predicted octanol–water partition coefficient (Wildman–Crippen LogP) is 2.23. The molecule has 2 heterocycles. The summed E-state index contributed by atoms with van der Waals surface area (Å²) in [7, 11) is 0. The van der Waals surface area contributed by atoms with Crippen molar-refractivity contribution < 1.29 is 8.83 Å². The van der Waals surface area contributed by atoms with E-state index < -0.39 is 0 Å². The molecule has 0 fully saturated rings. The topological polar surface area (TPSA) is 64.1 Å². The van der Waals surface area contributed by atoms with E-state index in [2.05, 4.69) is 22.4 Å². The molecule has 0 spiro atoms. The van der Waals surface area contributed by atoms with Crippen molar-refractivity contribution in [2.24, 2.45) is 0 Å². The van der Waals surface area contributed by atoms with Gasteiger partial charge in [0.05, 0.1) is 12.8 Å². The lowest BCUT2D eigenvalue weighted by molar-refractivity contribution is 0.489. The zero-order valence-corrected chi connectivity index (χ0v) is 8.56. The Morgan fingerprint density at radius 3 is 3.07 bits per heavy atom. The van der Waals surface area contributed by atoms with Crippen LogP contribution in [-0.4, -0.2) is 10.2 Å². The first-order chi connectivity index (χ1) is 7.38. The molecular formula is C10H13N3O2. The van der Waals surface area contributed by atoms with E-state index in [-0.39, 0.29) is 0 Å². The summed E-state index contributed by atoms with van der Waals surface area (Å²) in [5.74, 6) is 1.50. The highest BCUT2D eigenvalue weighted by Crippen LogP contribution is 2.09. The highest BCUT2D eigenvalue weighted by Gasteiger charge is 2.04. The average Bonchev–Trinajstić information content (AvgIpc) is 2.85. The lowest BCUT2D eigenvalue weighted by atomic mass is 10.3. The Morgan fingerprint density at radius 2 is 2.33 bits per heavy atom. The maximum absolute atomic E-state index is 5.35. The first kappa shape index (κ1) is 9.76. The minimum absolute atomic E-state index is 0.440. The molecule has 0 saturated carbocycles. The Kier molecular flexibility index (Phi) is 3.02. The maximum atomic E-state index is 5.35. The molecule has 0 aromatic carbocycles. The summed E-state index contributed by atoms with van der Waals surface area (Å²) in [5.41, 5.74) is 0. The van der Waals surface area contributed by atoms with E-state index in [1.165, 1.54) is 0 Å². The van der Waals surface area contributed by atoms with Crippen molar-refractivity contribution in [3.8, 4) is 0 Å². The molecule has 0 aliphatic rings. The second kappa shape index (κ2) is 4.63. The molecule has 5 heteroatoms. The van der Waals surface area contributed by atoms with Crippen molar-refractivity contribution in [3.05, 3.63) is 30.0 Å². The minimum Gasteiger partial charge on any atom is -0.467 e. The van der Waals surface area contributed by atoms with Gasteiger partial charge in [-0.1, -0.05) is 12.0 Å². The highest BCUT2D eigenvalue weighted by molar-refractivity contribution is 5.18. The molecular weight excluding hydrogens is 194 g/mol. The van der Waals surface area contributed by atoms with E-state index in [1.807, 2.05) is 12.1 Å². The van der Waals surface area contributed by atoms with Gasteiger partial charge in [0.2, 0.25) is 5.89 Å². The van der Waals surface area contributed by atoms with Crippen molar-refractivity contribution in [3.63, 3.8) is 0 Å². The summed E-state index contributed by atoms with van der Waals surface area (Å²) in [6.07, 6.45) is 3.45. The van der Waals surface area contributed by atoms with Crippen LogP contribution in [0.25, 0.3) is 0 Å². The SMILES string of the molecule is CCCc1nnc(NCc2ccco2)o1. The van der Waals surface area contributed by atoms with Crippen LogP contribution in [0.15, 0.2) is 27.2 Å². The van der Waals surface area contributed by atoms with Crippen molar-refractivity contribution in [2.75, 3.05) is 5.32 Å². The highest BCUT2D eigenvalue weighted by atomic mass is 16.4. The Hall–Kier alpha value is -1.78. The molecule has 0 aliphatic heterocycles. The third-order valence-corrected chi connectivity index (χ3v) is 1.92. The van der Waals surface area contributed by atoms with E-state index in [9.17, 15) is 0 Å². The number of aromatic nitrogens is 2. The Balaban J connectivity index is 1.88. The van der Waals surface area contributed by atoms with E-state index in [0.29, 0.717) is 18.5 Å². The van der Waals surface area contributed by atoms with Crippen LogP contribution in [0.1, 0.15) is 25.0 Å². The van der Waals surface area contributed by atoms with E-state index in [1.54, 1.807) is 6.26 Å². The number of furan rings is 1. The van der Waals surface area contributed by atoms with Crippen LogP contribution in [0.5, 0.6) is 0 Å². The summed E-state index contributed by atoms with van der Waals surface area (Å²) >= 11 is 0. The number of aryl methyl sites for hydroxylation is 1. The third-order valence-electron chi connectivity index (χ3n) is 1.92. The second-order valence-electron chi connectivity index (χ2n) is 3.18. The molecule has 1 N–H and O–H groups in total. The lowest BCUT2D eigenvalue weighted by Crippen LogP contribution is -1.97. The Labute approximate surface area is 87.5 Å². The predicted molar refractivity (Wildman–Crippen MR) is 54.3 cm³/mol. The van der Waals surface area contributed by atoms with Gasteiger partial charge in [-0.15, -0.1) is 5.10 Å². The molecule has 2 aromatic heterocycles. The first-order valence-corrected chi connectivity index (χ1v) is 4.97. The monoisotopic (exact) mass is 207 g/mol. The summed E-state index contributed by atoms with van der Waals surface area (Å²) in [6, 6.07) is 4.17. The van der Waals surface area contributed by atoms with Crippen LogP contribution in [0.2, 0.25) is 0 Å². The van der Waals surface area contributed by atoms with Gasteiger partial charge in [0, 0.05) is 6.42 Å². The largest absolute Gasteiger partial charge is 0.467 e. The van der Waals surface area contributed by atoms with Crippen molar-refractivity contribution in [1.82, 2.24) is 10.2 Å². The number of nitrogens with one attached hydrogen (secondary N) is 1. The Bertz CT molecular complexity index is 394. The van der Waals surface area contributed by atoms with Crippen LogP contribution in [0, 0.1) is 0 Å². The second-order valence-corrected chi connectivity index (χ2v) is 3.18. The average molecular weight is 207 g/mol. The number of hydrogen-bond donors (Lipinski definition) is 1. The van der Waals surface area contributed by atoms with E-state index >= 15 is 0 Å². The van der Waals surface area contributed by atoms with Crippen LogP contribution in [0.3, 0.4) is 0 Å². The number of rotatable bonds is 5. The fourth-order valence-electron chi connectivity index (χ4n) is 1.22. The summed E-state index contributed by atoms with van der Waals surface area (Å²) < 4.78 is 10.5. The molecule has 0 aliphatic carbocycles. The van der Waals surface area contributed by atoms with Gasteiger partial charge in [-0.05, 0) is 18.6 Å². The maximum Gasteiger partial charge on any atom is 0.315 e. The molecule has 0 unspecified atom stereocenters. The van der Waals surface area contributed by atoms with Gasteiger partial charge >= 0.3 is 6.01 Å². The van der Waals surface area contributed by atoms with Gasteiger partial charge in [-0.25, -0.2) is 0 Å². The van der Waals surface area contributed by atoms with Gasteiger partial charge in [0.1, 0.15) is 5.76 Å². The van der Waals surface area contributed by atoms with Crippen LogP contribution in [0.4, 0.5) is 6.01 Å². The molecule has 0 amide bonds. The number of hydrogen-bond acceptors (Lipinski definition) is 5. The molecule has 0 saturated heterocycles. The number of nitrogens with zero attached hydrogens (tertiary/aromatic N) is 2. The van der Waals surface area contributed by atoms with Gasteiger partial charge < -0.3 is 14.2 Å². The first-order valence-electron chi connectivity index (χ1n) is 4.97. The quantitative estimate of drug-likeness (QED) is 0.814. The van der Waals surface area contributed by atoms with E-state index in [0.717, 1.165) is 18.6 Å². The normalized spacial score (nSPS) is 10.5. The van der Waals surface area contributed by atoms with Gasteiger partial charge in [-0.2, -0.15) is 0 Å². The standard InChI is InChI=1S/C10H13N3O2/c1-2-4-9-12-13-10(15-9)11-7-8-5-3-6-14-8/h3,5-6H,2,4,7H2,1H3,(H,11,13). The summed E-state index contributed by atoms with van der Waals surface area (Å²) in [6.45, 7) is 2.63. The zero-order chi connectivity index (χ0) is 10.5. The molecule has 2 aromatic rings. The minimum atomic E-state index is 0.440. The fourth-order valence-corrected chi connectivity index (χ4v) is 1.22. The molecule has 15 heavy (non-hydrogen) atoms. The van der Waals surface area contributed by atoms with Crippen LogP contribution >= 0.6 is 0 Å². The van der Waals surface area contributed by atoms with Gasteiger partial charge in [0.25, 0.3) is 0 Å². The molecule has 0 atom stereocenters. The van der Waals surface area contributed by atoms with Crippen molar-refractivity contribution in [1.29, 1.82) is 0 Å². The van der Waals surface area contributed by atoms with Crippen LogP contribution in [-0.2, 0) is 13.0 Å². The molecule has 0 bridgehead atoms. The lowest BCUT2D eigenvalue weighted by Gasteiger charge is -1.96. The molecule has 0 radical (unpaired) electrons. The smallest absolute Gasteiger partial charge is 0.315 e. The zero-order valence-electron chi connectivity index (χ0n) is 8.56.